The van der Waals surface area contributed by atoms with E-state index in [1.165, 1.54) is 16.7 Å². The zero-order valence-electron chi connectivity index (χ0n) is 10.9. The van der Waals surface area contributed by atoms with Gasteiger partial charge in [-0.3, -0.25) is 4.79 Å². The van der Waals surface area contributed by atoms with Crippen LogP contribution in [-0.4, -0.2) is 18.1 Å². The van der Waals surface area contributed by atoms with Crippen LogP contribution in [-0.2, 0) is 4.79 Å². The number of benzene rings is 1. The second kappa shape index (κ2) is 5.82. The van der Waals surface area contributed by atoms with Crippen LogP contribution in [0.5, 0.6) is 0 Å². The van der Waals surface area contributed by atoms with E-state index in [9.17, 15) is 4.79 Å². The molecule has 0 fully saturated rings. The average molecular weight is 235 g/mol. The zero-order valence-corrected chi connectivity index (χ0v) is 10.9. The quantitative estimate of drug-likeness (QED) is 0.825. The standard InChI is InChI=1S/C14H21NO2/c1-9-5-6-10(2)12(7-9)13(15-4)8-11(3)14(16)17/h5-7,11,13,15H,8H2,1-4H3,(H,16,17). The van der Waals surface area contributed by atoms with E-state index in [0.717, 1.165) is 0 Å². The molecule has 0 aliphatic carbocycles. The summed E-state index contributed by atoms with van der Waals surface area (Å²) in [5, 5.41) is 12.2. The molecule has 3 heteroatoms. The number of aryl methyl sites for hydroxylation is 2. The molecule has 2 N–H and O–H groups in total. The van der Waals surface area contributed by atoms with Crippen molar-refractivity contribution in [2.75, 3.05) is 7.05 Å². The van der Waals surface area contributed by atoms with Gasteiger partial charge in [0.05, 0.1) is 5.92 Å². The van der Waals surface area contributed by atoms with Gasteiger partial charge in [0.15, 0.2) is 0 Å². The number of hydrogen-bond acceptors (Lipinski definition) is 2. The molecule has 1 rings (SSSR count). The Labute approximate surface area is 103 Å². The van der Waals surface area contributed by atoms with E-state index < -0.39 is 5.97 Å². The number of rotatable bonds is 5. The van der Waals surface area contributed by atoms with Crippen molar-refractivity contribution in [3.05, 3.63) is 34.9 Å². The maximum Gasteiger partial charge on any atom is 0.306 e. The van der Waals surface area contributed by atoms with Gasteiger partial charge in [-0.25, -0.2) is 0 Å². The average Bonchev–Trinajstić information content (AvgIpc) is 2.29. The van der Waals surface area contributed by atoms with Crippen molar-refractivity contribution in [3.63, 3.8) is 0 Å². The molecule has 0 aliphatic rings. The summed E-state index contributed by atoms with van der Waals surface area (Å²) in [6.45, 7) is 5.86. The maximum atomic E-state index is 10.9. The highest BCUT2D eigenvalue weighted by Crippen LogP contribution is 2.25. The van der Waals surface area contributed by atoms with E-state index in [-0.39, 0.29) is 12.0 Å². The third-order valence-corrected chi connectivity index (χ3v) is 3.17. The second-order valence-corrected chi connectivity index (χ2v) is 4.68. The summed E-state index contributed by atoms with van der Waals surface area (Å²) in [4.78, 5) is 10.9. The highest BCUT2D eigenvalue weighted by molar-refractivity contribution is 5.69. The number of carboxylic acid groups (broad SMARTS) is 1. The lowest BCUT2D eigenvalue weighted by molar-refractivity contribution is -0.141. The summed E-state index contributed by atoms with van der Waals surface area (Å²) in [5.41, 5.74) is 3.60. The summed E-state index contributed by atoms with van der Waals surface area (Å²) in [7, 11) is 1.88. The van der Waals surface area contributed by atoms with Gasteiger partial charge in [0, 0.05) is 6.04 Å². The Balaban J connectivity index is 2.93. The first kappa shape index (κ1) is 13.7. The molecule has 94 valence electrons. The second-order valence-electron chi connectivity index (χ2n) is 4.68. The Morgan fingerprint density at radius 3 is 2.59 bits per heavy atom. The highest BCUT2D eigenvalue weighted by Gasteiger charge is 2.19. The fourth-order valence-corrected chi connectivity index (χ4v) is 1.99. The molecule has 0 saturated carbocycles. The van der Waals surface area contributed by atoms with Gasteiger partial charge >= 0.3 is 5.97 Å². The van der Waals surface area contributed by atoms with Gasteiger partial charge in [-0.05, 0) is 38.4 Å². The van der Waals surface area contributed by atoms with Crippen LogP contribution in [0.3, 0.4) is 0 Å². The molecule has 0 bridgehead atoms. The SMILES string of the molecule is CNC(CC(C)C(=O)O)c1cc(C)ccc1C. The van der Waals surface area contributed by atoms with Gasteiger partial charge in [-0.1, -0.05) is 30.7 Å². The monoisotopic (exact) mass is 235 g/mol. The van der Waals surface area contributed by atoms with Crippen molar-refractivity contribution in [1.29, 1.82) is 0 Å². The van der Waals surface area contributed by atoms with E-state index in [1.54, 1.807) is 6.92 Å². The molecule has 0 saturated heterocycles. The maximum absolute atomic E-state index is 10.9. The van der Waals surface area contributed by atoms with Gasteiger partial charge in [-0.15, -0.1) is 0 Å². The lowest BCUT2D eigenvalue weighted by atomic mass is 9.92. The summed E-state index contributed by atoms with van der Waals surface area (Å²) in [6, 6.07) is 6.39. The Bertz CT molecular complexity index is 401. The first-order valence-electron chi connectivity index (χ1n) is 5.93. The minimum absolute atomic E-state index is 0.0981. The van der Waals surface area contributed by atoms with E-state index in [0.29, 0.717) is 6.42 Å². The van der Waals surface area contributed by atoms with Crippen LogP contribution < -0.4 is 5.32 Å². The summed E-state index contributed by atoms with van der Waals surface area (Å²) in [6.07, 6.45) is 0.607. The van der Waals surface area contributed by atoms with Crippen molar-refractivity contribution in [1.82, 2.24) is 5.32 Å². The summed E-state index contributed by atoms with van der Waals surface area (Å²) >= 11 is 0. The predicted molar refractivity (Wildman–Crippen MR) is 69.1 cm³/mol. The van der Waals surface area contributed by atoms with Crippen LogP contribution in [0.4, 0.5) is 0 Å². The molecular formula is C14H21NO2. The topological polar surface area (TPSA) is 49.3 Å². The molecule has 0 heterocycles. The molecular weight excluding hydrogens is 214 g/mol. The molecule has 0 amide bonds. The lowest BCUT2D eigenvalue weighted by Gasteiger charge is -2.21. The van der Waals surface area contributed by atoms with Crippen molar-refractivity contribution in [3.8, 4) is 0 Å². The van der Waals surface area contributed by atoms with E-state index in [1.807, 2.05) is 7.05 Å². The third kappa shape index (κ3) is 3.56. The first-order chi connectivity index (χ1) is 7.95. The third-order valence-electron chi connectivity index (χ3n) is 3.17. The summed E-state index contributed by atoms with van der Waals surface area (Å²) in [5.74, 6) is -1.08. The largest absolute Gasteiger partial charge is 0.481 e. The van der Waals surface area contributed by atoms with Crippen LogP contribution in [0.15, 0.2) is 18.2 Å². The van der Waals surface area contributed by atoms with E-state index in [4.69, 9.17) is 5.11 Å². The fourth-order valence-electron chi connectivity index (χ4n) is 1.99. The molecule has 0 spiro atoms. The Hall–Kier alpha value is -1.35. The minimum Gasteiger partial charge on any atom is -0.481 e. The van der Waals surface area contributed by atoms with E-state index >= 15 is 0 Å². The minimum atomic E-state index is -0.740. The van der Waals surface area contributed by atoms with Crippen LogP contribution in [0.25, 0.3) is 0 Å². The van der Waals surface area contributed by atoms with Gasteiger partial charge in [0.1, 0.15) is 0 Å². The number of carboxylic acids is 1. The van der Waals surface area contributed by atoms with Gasteiger partial charge in [-0.2, -0.15) is 0 Å². The van der Waals surface area contributed by atoms with Crippen LogP contribution in [0.2, 0.25) is 0 Å². The van der Waals surface area contributed by atoms with Crippen molar-refractivity contribution >= 4 is 5.97 Å². The predicted octanol–water partition coefficient (Wildman–Crippen LogP) is 2.67. The van der Waals surface area contributed by atoms with Crippen LogP contribution >= 0.6 is 0 Å². The molecule has 1 aromatic carbocycles. The van der Waals surface area contributed by atoms with Gasteiger partial charge < -0.3 is 10.4 Å². The summed E-state index contributed by atoms with van der Waals surface area (Å²) < 4.78 is 0. The van der Waals surface area contributed by atoms with Crippen molar-refractivity contribution < 1.29 is 9.90 Å². The first-order valence-corrected chi connectivity index (χ1v) is 5.93. The van der Waals surface area contributed by atoms with Gasteiger partial charge in [0.2, 0.25) is 0 Å². The number of aliphatic carboxylic acids is 1. The van der Waals surface area contributed by atoms with E-state index in [2.05, 4.69) is 37.4 Å². The number of nitrogens with one attached hydrogen (secondary N) is 1. The molecule has 1 aromatic rings. The Morgan fingerprint density at radius 2 is 2.06 bits per heavy atom. The molecule has 0 aromatic heterocycles. The molecule has 0 radical (unpaired) electrons. The number of carbonyl (C=O) groups is 1. The molecule has 0 aliphatic heterocycles. The molecule has 2 unspecified atom stereocenters. The Morgan fingerprint density at radius 1 is 1.41 bits per heavy atom. The van der Waals surface area contributed by atoms with Crippen molar-refractivity contribution in [2.24, 2.45) is 5.92 Å². The highest BCUT2D eigenvalue weighted by atomic mass is 16.4. The smallest absolute Gasteiger partial charge is 0.306 e. The normalized spacial score (nSPS) is 14.4. The van der Waals surface area contributed by atoms with Gasteiger partial charge in [0.25, 0.3) is 0 Å². The Kier molecular flexibility index (Phi) is 4.70. The fraction of sp³-hybridized carbons (Fsp3) is 0.500. The molecule has 17 heavy (non-hydrogen) atoms. The van der Waals surface area contributed by atoms with Crippen LogP contribution in [0, 0.1) is 19.8 Å². The molecule has 2 atom stereocenters. The molecule has 3 nitrogen and oxygen atoms in total. The lowest BCUT2D eigenvalue weighted by Crippen LogP contribution is -2.23. The van der Waals surface area contributed by atoms with Crippen LogP contribution in [0.1, 0.15) is 36.1 Å². The zero-order chi connectivity index (χ0) is 13.0. The number of hydrogen-bond donors (Lipinski definition) is 2. The van der Waals surface area contributed by atoms with Crippen molar-refractivity contribution in [2.45, 2.75) is 33.2 Å².